The summed E-state index contributed by atoms with van der Waals surface area (Å²) in [4.78, 5) is 20.2. The normalized spacial score (nSPS) is 10.5. The molecule has 0 saturated carbocycles. The lowest BCUT2D eigenvalue weighted by molar-refractivity contribution is 1.13. The van der Waals surface area contributed by atoms with Gasteiger partial charge in [0.2, 0.25) is 0 Å². The third-order valence-corrected chi connectivity index (χ3v) is 2.26. The molecule has 0 aromatic carbocycles. The highest BCUT2D eigenvalue weighted by molar-refractivity contribution is 7.71. The molecular weight excluding hydrogens is 182 g/mol. The highest BCUT2D eigenvalue weighted by Gasteiger charge is 1.99. The Bertz CT molecular complexity index is 494. The molecule has 2 heterocycles. The van der Waals surface area contributed by atoms with E-state index < -0.39 is 0 Å². The van der Waals surface area contributed by atoms with Crippen LogP contribution in [0, 0.1) is 4.77 Å². The molecule has 0 atom stereocenters. The fraction of sp³-hybridized carbons (Fsp3) is 0. The molecule has 0 radical (unpaired) electrons. The Labute approximate surface area is 69.9 Å². The predicted octanol–water partition coefficient (Wildman–Crippen LogP) is 1.04. The van der Waals surface area contributed by atoms with Crippen molar-refractivity contribution >= 4 is 33.9 Å². The molecule has 4 nitrogen and oxygen atoms in total. The molecule has 2 rings (SSSR count). The van der Waals surface area contributed by atoms with E-state index in [2.05, 4.69) is 15.0 Å². The topological polar surface area (TPSA) is 61.5 Å². The van der Waals surface area contributed by atoms with E-state index >= 15 is 0 Å². The molecule has 0 aliphatic rings. The summed E-state index contributed by atoms with van der Waals surface area (Å²) in [6, 6.07) is 0. The quantitative estimate of drug-likeness (QED) is 0.603. The number of hydrogen-bond acceptors (Lipinski definition) is 4. The Morgan fingerprint density at radius 2 is 2.36 bits per heavy atom. The number of aromatic amines is 2. The molecule has 0 unspecified atom stereocenters. The van der Waals surface area contributed by atoms with E-state index in [0.29, 0.717) is 15.1 Å². The first-order valence-corrected chi connectivity index (χ1v) is 4.12. The molecule has 11 heavy (non-hydrogen) atoms. The highest BCUT2D eigenvalue weighted by atomic mass is 32.1. The van der Waals surface area contributed by atoms with Crippen LogP contribution in [-0.2, 0) is 0 Å². The summed E-state index contributed by atoms with van der Waals surface area (Å²) in [5.74, 6) is 0. The molecule has 0 bridgehead atoms. The standard InChI is InChI=1S/C5H3N3OS2/c9-4-2-3(6-1-11-2)7-5(10)8-4/h1H,(H2,7,8,9,10). The van der Waals surface area contributed by atoms with Crippen molar-refractivity contribution in [2.75, 3.05) is 0 Å². The lowest BCUT2D eigenvalue weighted by Gasteiger charge is -1.85. The Balaban J connectivity index is 3.15. The minimum Gasteiger partial charge on any atom is -0.316 e. The van der Waals surface area contributed by atoms with Gasteiger partial charge in [-0.05, 0) is 12.2 Å². The van der Waals surface area contributed by atoms with Crippen molar-refractivity contribution in [1.29, 1.82) is 0 Å². The van der Waals surface area contributed by atoms with Gasteiger partial charge in [0.1, 0.15) is 4.70 Å². The second-order valence-electron chi connectivity index (χ2n) is 1.94. The number of nitrogens with zero attached hydrogens (tertiary/aromatic N) is 1. The zero-order valence-corrected chi connectivity index (χ0v) is 6.88. The molecule has 2 aromatic rings. The number of fused-ring (bicyclic) bond motifs is 1. The Morgan fingerprint density at radius 3 is 3.18 bits per heavy atom. The molecule has 0 amide bonds. The van der Waals surface area contributed by atoms with Gasteiger partial charge in [0.15, 0.2) is 10.4 Å². The van der Waals surface area contributed by atoms with E-state index in [1.807, 2.05) is 0 Å². The van der Waals surface area contributed by atoms with Crippen molar-refractivity contribution in [2.45, 2.75) is 0 Å². The average molecular weight is 185 g/mol. The van der Waals surface area contributed by atoms with Gasteiger partial charge in [0.25, 0.3) is 5.56 Å². The second-order valence-corrected chi connectivity index (χ2v) is 3.20. The maximum atomic E-state index is 11.1. The summed E-state index contributed by atoms with van der Waals surface area (Å²) >= 11 is 6.04. The molecule has 0 saturated heterocycles. The summed E-state index contributed by atoms with van der Waals surface area (Å²) in [7, 11) is 0. The van der Waals surface area contributed by atoms with Crippen molar-refractivity contribution in [3.05, 3.63) is 20.6 Å². The van der Waals surface area contributed by atoms with Crippen molar-refractivity contribution < 1.29 is 0 Å². The molecule has 2 aromatic heterocycles. The van der Waals surface area contributed by atoms with E-state index in [4.69, 9.17) is 12.2 Å². The van der Waals surface area contributed by atoms with Crippen LogP contribution in [0.25, 0.3) is 10.3 Å². The fourth-order valence-corrected chi connectivity index (χ4v) is 1.62. The zero-order valence-electron chi connectivity index (χ0n) is 5.25. The van der Waals surface area contributed by atoms with Gasteiger partial charge in [-0.3, -0.25) is 9.78 Å². The number of thiazole rings is 1. The van der Waals surface area contributed by atoms with Gasteiger partial charge < -0.3 is 4.98 Å². The summed E-state index contributed by atoms with van der Waals surface area (Å²) < 4.78 is 0.895. The first-order chi connectivity index (χ1) is 5.27. The van der Waals surface area contributed by atoms with Crippen LogP contribution in [0.15, 0.2) is 10.3 Å². The van der Waals surface area contributed by atoms with Gasteiger partial charge in [-0.2, -0.15) is 0 Å². The number of H-pyrrole nitrogens is 2. The fourth-order valence-electron chi connectivity index (χ4n) is 0.795. The highest BCUT2D eigenvalue weighted by Crippen LogP contribution is 2.08. The van der Waals surface area contributed by atoms with Gasteiger partial charge in [0, 0.05) is 0 Å². The van der Waals surface area contributed by atoms with E-state index in [1.54, 1.807) is 5.51 Å². The molecule has 0 fully saturated rings. The molecule has 2 N–H and O–H groups in total. The van der Waals surface area contributed by atoms with E-state index in [1.165, 1.54) is 11.3 Å². The Hall–Kier alpha value is -1.01. The lowest BCUT2D eigenvalue weighted by atomic mass is 10.6. The van der Waals surface area contributed by atoms with Crippen LogP contribution >= 0.6 is 23.6 Å². The Morgan fingerprint density at radius 1 is 1.55 bits per heavy atom. The monoisotopic (exact) mass is 185 g/mol. The molecule has 6 heteroatoms. The van der Waals surface area contributed by atoms with Gasteiger partial charge in [0.05, 0.1) is 5.51 Å². The third-order valence-electron chi connectivity index (χ3n) is 1.23. The summed E-state index contributed by atoms with van der Waals surface area (Å²) in [5.41, 5.74) is 1.99. The van der Waals surface area contributed by atoms with Crippen LogP contribution in [0.1, 0.15) is 0 Å². The summed E-state index contributed by atoms with van der Waals surface area (Å²) in [6.07, 6.45) is 0. The third kappa shape index (κ3) is 0.997. The minimum atomic E-state index is -0.175. The van der Waals surface area contributed by atoms with Crippen LogP contribution in [-0.4, -0.2) is 15.0 Å². The summed E-state index contributed by atoms with van der Waals surface area (Å²) in [5, 5.41) is 0. The summed E-state index contributed by atoms with van der Waals surface area (Å²) in [6.45, 7) is 0. The van der Waals surface area contributed by atoms with Gasteiger partial charge in [-0.15, -0.1) is 11.3 Å². The van der Waals surface area contributed by atoms with Crippen LogP contribution in [0.2, 0.25) is 0 Å². The van der Waals surface area contributed by atoms with Crippen LogP contribution in [0.3, 0.4) is 0 Å². The number of aromatic nitrogens is 3. The molecule has 0 aliphatic carbocycles. The SMILES string of the molecule is O=c1[nH]c(=S)[nH]c2ncsc12. The second kappa shape index (κ2) is 2.24. The van der Waals surface area contributed by atoms with Crippen molar-refractivity contribution in [3.8, 4) is 0 Å². The number of hydrogen-bond donors (Lipinski definition) is 2. The minimum absolute atomic E-state index is 0.175. The van der Waals surface area contributed by atoms with Crippen molar-refractivity contribution in [1.82, 2.24) is 15.0 Å². The Kier molecular flexibility index (Phi) is 1.36. The van der Waals surface area contributed by atoms with E-state index in [9.17, 15) is 4.79 Å². The van der Waals surface area contributed by atoms with Crippen molar-refractivity contribution in [2.24, 2.45) is 0 Å². The van der Waals surface area contributed by atoms with Crippen LogP contribution in [0.4, 0.5) is 0 Å². The predicted molar refractivity (Wildman–Crippen MR) is 45.4 cm³/mol. The molecule has 56 valence electrons. The van der Waals surface area contributed by atoms with Gasteiger partial charge >= 0.3 is 0 Å². The number of rotatable bonds is 0. The van der Waals surface area contributed by atoms with Gasteiger partial charge in [-0.1, -0.05) is 0 Å². The molecular formula is C5H3N3OS2. The first-order valence-electron chi connectivity index (χ1n) is 2.83. The average Bonchev–Trinajstić information content (AvgIpc) is 2.34. The number of nitrogens with one attached hydrogen (secondary N) is 2. The maximum Gasteiger partial charge on any atom is 0.271 e. The molecule has 0 spiro atoms. The van der Waals surface area contributed by atoms with Crippen LogP contribution in [0.5, 0.6) is 0 Å². The van der Waals surface area contributed by atoms with E-state index in [0.717, 1.165) is 0 Å². The maximum absolute atomic E-state index is 11.1. The zero-order chi connectivity index (χ0) is 7.84. The largest absolute Gasteiger partial charge is 0.316 e. The van der Waals surface area contributed by atoms with E-state index in [-0.39, 0.29) is 5.56 Å². The molecule has 0 aliphatic heterocycles. The van der Waals surface area contributed by atoms with Crippen molar-refractivity contribution in [3.63, 3.8) is 0 Å². The first kappa shape index (κ1) is 6.68. The van der Waals surface area contributed by atoms with Crippen LogP contribution < -0.4 is 5.56 Å². The lowest BCUT2D eigenvalue weighted by Crippen LogP contribution is -2.05. The van der Waals surface area contributed by atoms with Gasteiger partial charge in [-0.25, -0.2) is 4.98 Å². The smallest absolute Gasteiger partial charge is 0.271 e.